The van der Waals surface area contributed by atoms with Crippen LogP contribution >= 0.6 is 0 Å². The second-order valence-corrected chi connectivity index (χ2v) is 13.4. The first-order chi connectivity index (χ1) is 19.2. The highest BCUT2D eigenvalue weighted by atomic mass is 32.2. The summed E-state index contributed by atoms with van der Waals surface area (Å²) in [4.78, 5) is 12.5. The van der Waals surface area contributed by atoms with Crippen LogP contribution < -0.4 is 5.32 Å². The smallest absolute Gasteiger partial charge is 0.266 e. The zero-order valence-corrected chi connectivity index (χ0v) is 26.9. The van der Waals surface area contributed by atoms with E-state index in [1.54, 1.807) is 0 Å². The zero-order chi connectivity index (χ0) is 29.9. The molecule has 8 heteroatoms. The van der Waals surface area contributed by atoms with Crippen molar-refractivity contribution in [3.8, 4) is 0 Å². The minimum Gasteiger partial charge on any atom is -0.391 e. The monoisotopic (exact) mass is 591 g/mol. The Morgan fingerprint density at radius 2 is 0.900 bits per heavy atom. The van der Waals surface area contributed by atoms with Gasteiger partial charge in [0.25, 0.3) is 10.1 Å². The van der Waals surface area contributed by atoms with Gasteiger partial charge in [-0.05, 0) is 12.8 Å². The lowest BCUT2D eigenvalue weighted by molar-refractivity contribution is -0.131. The van der Waals surface area contributed by atoms with Crippen molar-refractivity contribution in [1.82, 2.24) is 5.32 Å². The van der Waals surface area contributed by atoms with Gasteiger partial charge in [0, 0.05) is 0 Å². The lowest BCUT2D eigenvalue weighted by Crippen LogP contribution is -2.50. The summed E-state index contributed by atoms with van der Waals surface area (Å²) >= 11 is 0. The number of nitrogens with one attached hydrogen (secondary N) is 1. The molecule has 0 heterocycles. The third-order valence-corrected chi connectivity index (χ3v) is 8.70. The number of carbonyl (C=O) groups excluding carboxylic acids is 1. The molecule has 240 valence electrons. The second kappa shape index (κ2) is 27.2. The first-order valence-corrected chi connectivity index (χ1v) is 18.4. The third-order valence-electron chi connectivity index (χ3n) is 7.92. The molecular formula is C32H65NO6S. The maximum absolute atomic E-state index is 12.5. The Labute approximate surface area is 247 Å². The van der Waals surface area contributed by atoms with E-state index in [4.69, 9.17) is 0 Å². The van der Waals surface area contributed by atoms with Gasteiger partial charge in [0.1, 0.15) is 6.10 Å². The second-order valence-electron chi connectivity index (χ2n) is 11.9. The van der Waals surface area contributed by atoms with Gasteiger partial charge in [0.05, 0.1) is 17.9 Å². The van der Waals surface area contributed by atoms with Gasteiger partial charge < -0.3 is 15.5 Å². The third kappa shape index (κ3) is 26.2. The molecule has 0 fully saturated rings. The standard InChI is InChI=1S/C32H65NO6S/c1-3-5-7-9-11-13-14-15-16-17-19-21-23-25-27-31(35)32(36)33-29(28-40(37,38)39)30(34)26-24-22-20-18-12-10-8-6-4-2/h29-31,34-35H,3-28H2,1-2H3,(H,33,36)(H,37,38,39). The van der Waals surface area contributed by atoms with Crippen molar-refractivity contribution in [1.29, 1.82) is 0 Å². The topological polar surface area (TPSA) is 124 Å². The van der Waals surface area contributed by atoms with Gasteiger partial charge in [-0.1, -0.05) is 162 Å². The van der Waals surface area contributed by atoms with E-state index in [-0.39, 0.29) is 0 Å². The fourth-order valence-corrected chi connectivity index (χ4v) is 6.04. The summed E-state index contributed by atoms with van der Waals surface area (Å²) in [5, 5.41) is 23.3. The molecule has 0 radical (unpaired) electrons. The summed E-state index contributed by atoms with van der Waals surface area (Å²) in [6.45, 7) is 4.45. The Morgan fingerprint density at radius 3 is 1.25 bits per heavy atom. The fraction of sp³-hybridized carbons (Fsp3) is 0.969. The minimum absolute atomic E-state index is 0.302. The molecule has 0 aliphatic heterocycles. The zero-order valence-electron chi connectivity index (χ0n) is 26.1. The van der Waals surface area contributed by atoms with E-state index in [2.05, 4.69) is 19.2 Å². The maximum Gasteiger partial charge on any atom is 0.266 e. The number of aliphatic hydroxyl groups is 2. The van der Waals surface area contributed by atoms with E-state index < -0.39 is 40.0 Å². The molecule has 40 heavy (non-hydrogen) atoms. The highest BCUT2D eigenvalue weighted by molar-refractivity contribution is 7.85. The molecule has 0 aliphatic carbocycles. The molecule has 0 spiro atoms. The summed E-state index contributed by atoms with van der Waals surface area (Å²) in [7, 11) is -4.39. The number of carbonyl (C=O) groups is 1. The van der Waals surface area contributed by atoms with E-state index in [0.717, 1.165) is 44.9 Å². The van der Waals surface area contributed by atoms with Gasteiger partial charge in [-0.3, -0.25) is 9.35 Å². The number of unbranched alkanes of at least 4 members (excludes halogenated alkanes) is 21. The van der Waals surface area contributed by atoms with Crippen LogP contribution in [0.1, 0.15) is 174 Å². The average molecular weight is 592 g/mol. The van der Waals surface area contributed by atoms with Gasteiger partial charge >= 0.3 is 0 Å². The predicted octanol–water partition coefficient (Wildman–Crippen LogP) is 7.87. The SMILES string of the molecule is CCCCCCCCCCCCCCCCC(O)C(=O)NC(CS(=O)(=O)O)C(O)CCCCCCCCCCC. The molecular weight excluding hydrogens is 526 g/mol. The van der Waals surface area contributed by atoms with Crippen LogP contribution in [0.2, 0.25) is 0 Å². The fourth-order valence-electron chi connectivity index (χ4n) is 5.28. The van der Waals surface area contributed by atoms with Crippen molar-refractivity contribution in [3.63, 3.8) is 0 Å². The summed E-state index contributed by atoms with van der Waals surface area (Å²) < 4.78 is 32.3. The van der Waals surface area contributed by atoms with Crippen molar-refractivity contribution < 1.29 is 28.0 Å². The molecule has 1 amide bonds. The van der Waals surface area contributed by atoms with Gasteiger partial charge in [-0.15, -0.1) is 0 Å². The van der Waals surface area contributed by atoms with Crippen LogP contribution in [-0.4, -0.2) is 53.1 Å². The first kappa shape index (κ1) is 39.3. The highest BCUT2D eigenvalue weighted by Gasteiger charge is 2.28. The van der Waals surface area contributed by atoms with Crippen LogP contribution in [0, 0.1) is 0 Å². The van der Waals surface area contributed by atoms with Crippen LogP contribution in [0.5, 0.6) is 0 Å². The minimum atomic E-state index is -4.39. The summed E-state index contributed by atoms with van der Waals surface area (Å²) in [5.74, 6) is -1.45. The van der Waals surface area contributed by atoms with E-state index >= 15 is 0 Å². The normalized spacial score (nSPS) is 14.2. The van der Waals surface area contributed by atoms with Crippen molar-refractivity contribution in [3.05, 3.63) is 0 Å². The molecule has 0 aromatic carbocycles. The van der Waals surface area contributed by atoms with E-state index in [1.165, 1.54) is 103 Å². The highest BCUT2D eigenvalue weighted by Crippen LogP contribution is 2.15. The van der Waals surface area contributed by atoms with E-state index in [1.807, 2.05) is 0 Å². The van der Waals surface area contributed by atoms with Crippen molar-refractivity contribution in [2.75, 3.05) is 5.75 Å². The molecule has 0 aliphatic rings. The Balaban J connectivity index is 4.06. The van der Waals surface area contributed by atoms with Gasteiger partial charge in [0.2, 0.25) is 5.91 Å². The molecule has 3 unspecified atom stereocenters. The molecule has 4 N–H and O–H groups in total. The molecule has 0 saturated heterocycles. The number of rotatable bonds is 30. The Bertz CT molecular complexity index is 672. The number of aliphatic hydroxyl groups excluding tert-OH is 2. The van der Waals surface area contributed by atoms with Crippen LogP contribution in [0.4, 0.5) is 0 Å². The van der Waals surface area contributed by atoms with Crippen LogP contribution in [0.15, 0.2) is 0 Å². The molecule has 7 nitrogen and oxygen atoms in total. The lowest BCUT2D eigenvalue weighted by Gasteiger charge is -2.24. The van der Waals surface area contributed by atoms with Crippen LogP contribution in [0.3, 0.4) is 0 Å². The largest absolute Gasteiger partial charge is 0.391 e. The number of hydrogen-bond donors (Lipinski definition) is 4. The first-order valence-electron chi connectivity index (χ1n) is 16.8. The van der Waals surface area contributed by atoms with E-state index in [9.17, 15) is 28.0 Å². The Kier molecular flexibility index (Phi) is 26.7. The molecule has 3 atom stereocenters. The van der Waals surface area contributed by atoms with Crippen molar-refractivity contribution in [2.24, 2.45) is 0 Å². The lowest BCUT2D eigenvalue weighted by atomic mass is 10.0. The van der Waals surface area contributed by atoms with Gasteiger partial charge in [-0.2, -0.15) is 8.42 Å². The molecule has 0 rings (SSSR count). The Morgan fingerprint density at radius 1 is 0.575 bits per heavy atom. The van der Waals surface area contributed by atoms with Gasteiger partial charge in [0.15, 0.2) is 0 Å². The molecule has 0 aromatic heterocycles. The predicted molar refractivity (Wildman–Crippen MR) is 167 cm³/mol. The van der Waals surface area contributed by atoms with Crippen LogP contribution in [0.25, 0.3) is 0 Å². The van der Waals surface area contributed by atoms with Gasteiger partial charge in [-0.25, -0.2) is 0 Å². The number of amides is 1. The summed E-state index contributed by atoms with van der Waals surface area (Å²) in [6, 6.07) is -1.14. The van der Waals surface area contributed by atoms with E-state index in [0.29, 0.717) is 12.8 Å². The molecule has 0 saturated carbocycles. The maximum atomic E-state index is 12.5. The Hall–Kier alpha value is -0.700. The van der Waals surface area contributed by atoms with Crippen molar-refractivity contribution in [2.45, 2.75) is 193 Å². The molecule has 0 aromatic rings. The average Bonchev–Trinajstić information content (AvgIpc) is 2.90. The van der Waals surface area contributed by atoms with Crippen LogP contribution in [-0.2, 0) is 14.9 Å². The number of hydrogen-bond acceptors (Lipinski definition) is 5. The quantitative estimate of drug-likeness (QED) is 0.0498. The summed E-state index contributed by atoms with van der Waals surface area (Å²) in [5.41, 5.74) is 0. The summed E-state index contributed by atoms with van der Waals surface area (Å²) in [6.07, 6.45) is 25.6. The van der Waals surface area contributed by atoms with Crippen molar-refractivity contribution >= 4 is 16.0 Å². The molecule has 0 bridgehead atoms.